The van der Waals surface area contributed by atoms with Gasteiger partial charge in [0.2, 0.25) is 5.91 Å². The van der Waals surface area contributed by atoms with E-state index < -0.39 is 0 Å². The number of alkyl halides is 1. The Bertz CT molecular complexity index is 151. The van der Waals surface area contributed by atoms with E-state index in [1.165, 1.54) is 0 Å². The van der Waals surface area contributed by atoms with Crippen LogP contribution in [-0.4, -0.2) is 55.3 Å². The van der Waals surface area contributed by atoms with Gasteiger partial charge in [-0.15, -0.1) is 11.6 Å². The standard InChI is InChI=1S/C9H19ClN2O/c1-4-12(9(13)8-10)7-5-6-11(2)3/h4-8H2,1-3H3. The molecule has 0 saturated heterocycles. The molecule has 0 aliphatic rings. The van der Waals surface area contributed by atoms with Gasteiger partial charge in [-0.05, 0) is 34.0 Å². The normalized spacial score (nSPS) is 10.5. The Hall–Kier alpha value is -0.280. The highest BCUT2D eigenvalue weighted by atomic mass is 35.5. The van der Waals surface area contributed by atoms with Gasteiger partial charge in [-0.1, -0.05) is 0 Å². The van der Waals surface area contributed by atoms with Crippen LogP contribution >= 0.6 is 11.6 Å². The van der Waals surface area contributed by atoms with Crippen LogP contribution in [0.25, 0.3) is 0 Å². The maximum absolute atomic E-state index is 11.2. The number of hydrogen-bond donors (Lipinski definition) is 0. The molecule has 78 valence electrons. The predicted molar refractivity (Wildman–Crippen MR) is 56.1 cm³/mol. The van der Waals surface area contributed by atoms with Crippen molar-refractivity contribution < 1.29 is 4.79 Å². The molecule has 1 amide bonds. The molecule has 0 N–H and O–H groups in total. The van der Waals surface area contributed by atoms with E-state index in [2.05, 4.69) is 4.90 Å². The Labute approximate surface area is 85.6 Å². The summed E-state index contributed by atoms with van der Waals surface area (Å²) in [5.41, 5.74) is 0. The average Bonchev–Trinajstić information content (AvgIpc) is 2.11. The molecule has 0 rings (SSSR count). The van der Waals surface area contributed by atoms with Gasteiger partial charge in [-0.25, -0.2) is 0 Å². The second kappa shape index (κ2) is 7.15. The number of carbonyl (C=O) groups excluding carboxylic acids is 1. The van der Waals surface area contributed by atoms with Crippen molar-refractivity contribution in [2.24, 2.45) is 0 Å². The van der Waals surface area contributed by atoms with Gasteiger partial charge >= 0.3 is 0 Å². The first kappa shape index (κ1) is 12.7. The zero-order valence-electron chi connectivity index (χ0n) is 8.72. The summed E-state index contributed by atoms with van der Waals surface area (Å²) in [5, 5.41) is 0. The lowest BCUT2D eigenvalue weighted by Crippen LogP contribution is -2.34. The first-order chi connectivity index (χ1) is 6.11. The Balaban J connectivity index is 3.66. The minimum atomic E-state index is 0.0305. The zero-order valence-corrected chi connectivity index (χ0v) is 9.47. The van der Waals surface area contributed by atoms with Crippen molar-refractivity contribution in [1.82, 2.24) is 9.80 Å². The number of carbonyl (C=O) groups is 1. The second-order valence-corrected chi connectivity index (χ2v) is 3.53. The lowest BCUT2D eigenvalue weighted by Gasteiger charge is -2.20. The summed E-state index contributed by atoms with van der Waals surface area (Å²) in [6.07, 6.45) is 1.00. The summed E-state index contributed by atoms with van der Waals surface area (Å²) >= 11 is 5.47. The Morgan fingerprint density at radius 3 is 2.31 bits per heavy atom. The van der Waals surface area contributed by atoms with E-state index in [9.17, 15) is 4.79 Å². The molecule has 0 aliphatic heterocycles. The minimum absolute atomic E-state index is 0.0305. The number of hydrogen-bond acceptors (Lipinski definition) is 2. The summed E-state index contributed by atoms with van der Waals surface area (Å²) < 4.78 is 0. The summed E-state index contributed by atoms with van der Waals surface area (Å²) in [6.45, 7) is 4.53. The molecule has 0 heterocycles. The number of rotatable bonds is 6. The fourth-order valence-electron chi connectivity index (χ4n) is 1.12. The molecule has 0 aliphatic carbocycles. The third kappa shape index (κ3) is 5.88. The van der Waals surface area contributed by atoms with Crippen molar-refractivity contribution in [3.63, 3.8) is 0 Å². The van der Waals surface area contributed by atoms with E-state index >= 15 is 0 Å². The van der Waals surface area contributed by atoms with Crippen LogP contribution in [0.5, 0.6) is 0 Å². The minimum Gasteiger partial charge on any atom is -0.342 e. The quantitative estimate of drug-likeness (QED) is 0.606. The Morgan fingerprint density at radius 1 is 1.31 bits per heavy atom. The molecular formula is C9H19ClN2O. The third-order valence-electron chi connectivity index (χ3n) is 1.88. The van der Waals surface area contributed by atoms with Gasteiger partial charge < -0.3 is 9.80 Å². The topological polar surface area (TPSA) is 23.6 Å². The Morgan fingerprint density at radius 2 is 1.92 bits per heavy atom. The van der Waals surface area contributed by atoms with Gasteiger partial charge in [0, 0.05) is 13.1 Å². The molecule has 0 aromatic carbocycles. The molecule has 13 heavy (non-hydrogen) atoms. The zero-order chi connectivity index (χ0) is 10.3. The van der Waals surface area contributed by atoms with Crippen LogP contribution in [0, 0.1) is 0 Å². The van der Waals surface area contributed by atoms with Gasteiger partial charge in [-0.3, -0.25) is 4.79 Å². The van der Waals surface area contributed by atoms with E-state index in [4.69, 9.17) is 11.6 Å². The number of nitrogens with zero attached hydrogens (tertiary/aromatic N) is 2. The molecule has 0 bridgehead atoms. The molecule has 3 nitrogen and oxygen atoms in total. The smallest absolute Gasteiger partial charge is 0.237 e. The number of amides is 1. The highest BCUT2D eigenvalue weighted by Crippen LogP contribution is 1.95. The lowest BCUT2D eigenvalue weighted by molar-refractivity contribution is -0.128. The van der Waals surface area contributed by atoms with Gasteiger partial charge in [0.15, 0.2) is 0 Å². The molecule has 0 aromatic heterocycles. The average molecular weight is 207 g/mol. The molecule has 0 aromatic rings. The fourth-order valence-corrected chi connectivity index (χ4v) is 1.29. The molecule has 0 saturated carbocycles. The highest BCUT2D eigenvalue weighted by molar-refractivity contribution is 6.27. The highest BCUT2D eigenvalue weighted by Gasteiger charge is 2.08. The van der Waals surface area contributed by atoms with E-state index in [0.717, 1.165) is 26.1 Å². The Kier molecular flexibility index (Phi) is 7.00. The van der Waals surface area contributed by atoms with Crippen LogP contribution in [0.4, 0.5) is 0 Å². The second-order valence-electron chi connectivity index (χ2n) is 3.26. The van der Waals surface area contributed by atoms with Crippen molar-refractivity contribution in [2.45, 2.75) is 13.3 Å². The number of halogens is 1. The van der Waals surface area contributed by atoms with Crippen molar-refractivity contribution in [3.8, 4) is 0 Å². The molecule has 4 heteroatoms. The summed E-state index contributed by atoms with van der Waals surface area (Å²) in [5.74, 6) is 0.124. The van der Waals surface area contributed by atoms with Gasteiger partial charge in [-0.2, -0.15) is 0 Å². The van der Waals surface area contributed by atoms with Crippen LogP contribution in [0.3, 0.4) is 0 Å². The lowest BCUT2D eigenvalue weighted by atomic mass is 10.3. The van der Waals surface area contributed by atoms with Crippen LogP contribution in [0.1, 0.15) is 13.3 Å². The van der Waals surface area contributed by atoms with E-state index in [1.54, 1.807) is 4.90 Å². The van der Waals surface area contributed by atoms with Crippen LogP contribution in [-0.2, 0) is 4.79 Å². The molecule has 0 spiro atoms. The van der Waals surface area contributed by atoms with Crippen molar-refractivity contribution in [1.29, 1.82) is 0 Å². The first-order valence-electron chi connectivity index (χ1n) is 4.60. The van der Waals surface area contributed by atoms with Crippen LogP contribution in [0.2, 0.25) is 0 Å². The first-order valence-corrected chi connectivity index (χ1v) is 5.13. The van der Waals surface area contributed by atoms with E-state index in [0.29, 0.717) is 0 Å². The van der Waals surface area contributed by atoms with Gasteiger partial charge in [0.05, 0.1) is 0 Å². The molecule has 0 fully saturated rings. The van der Waals surface area contributed by atoms with E-state index in [1.807, 2.05) is 21.0 Å². The van der Waals surface area contributed by atoms with Gasteiger partial charge in [0.25, 0.3) is 0 Å². The van der Waals surface area contributed by atoms with Crippen LogP contribution < -0.4 is 0 Å². The molecule has 0 unspecified atom stereocenters. The predicted octanol–water partition coefficient (Wildman–Crippen LogP) is 1.03. The molecular weight excluding hydrogens is 188 g/mol. The summed E-state index contributed by atoms with van der Waals surface area (Å²) in [7, 11) is 4.05. The maximum Gasteiger partial charge on any atom is 0.237 e. The van der Waals surface area contributed by atoms with Crippen molar-refractivity contribution >= 4 is 17.5 Å². The summed E-state index contributed by atoms with van der Waals surface area (Å²) in [4.78, 5) is 15.1. The van der Waals surface area contributed by atoms with Gasteiger partial charge in [0.1, 0.15) is 5.88 Å². The molecule has 0 radical (unpaired) electrons. The maximum atomic E-state index is 11.2. The fraction of sp³-hybridized carbons (Fsp3) is 0.889. The SMILES string of the molecule is CCN(CCCN(C)C)C(=O)CCl. The third-order valence-corrected chi connectivity index (χ3v) is 2.11. The van der Waals surface area contributed by atoms with Crippen LogP contribution in [0.15, 0.2) is 0 Å². The molecule has 0 atom stereocenters. The summed E-state index contributed by atoms with van der Waals surface area (Å²) in [6, 6.07) is 0. The largest absolute Gasteiger partial charge is 0.342 e. The van der Waals surface area contributed by atoms with Crippen molar-refractivity contribution in [2.75, 3.05) is 39.6 Å². The van der Waals surface area contributed by atoms with Crippen molar-refractivity contribution in [3.05, 3.63) is 0 Å². The van der Waals surface area contributed by atoms with E-state index in [-0.39, 0.29) is 11.8 Å². The monoisotopic (exact) mass is 206 g/mol.